The summed E-state index contributed by atoms with van der Waals surface area (Å²) in [5.74, 6) is 0.442. The van der Waals surface area contributed by atoms with E-state index in [0.29, 0.717) is 16.7 Å². The van der Waals surface area contributed by atoms with Crippen molar-refractivity contribution in [2.45, 2.75) is 18.3 Å². The minimum absolute atomic E-state index is 0.442. The van der Waals surface area contributed by atoms with Crippen LogP contribution < -0.4 is 10.1 Å². The smallest absolute Gasteiger partial charge is 0.247 e. The lowest BCUT2D eigenvalue weighted by atomic mass is 10.1. The number of nitrogens with one attached hydrogen (secondary N) is 1. The Morgan fingerprint density at radius 2 is 2.04 bits per heavy atom. The molecule has 25 heavy (non-hydrogen) atoms. The second-order valence-electron chi connectivity index (χ2n) is 5.49. The predicted molar refractivity (Wildman–Crippen MR) is 101 cm³/mol. The van der Waals surface area contributed by atoms with Crippen LogP contribution in [0.3, 0.4) is 0 Å². The van der Waals surface area contributed by atoms with Gasteiger partial charge in [0.05, 0.1) is 0 Å². The Morgan fingerprint density at radius 1 is 1.16 bits per heavy atom. The lowest BCUT2D eigenvalue weighted by Crippen LogP contribution is -2.18. The van der Waals surface area contributed by atoms with E-state index in [1.54, 1.807) is 0 Å². The number of rotatable bonds is 2. The zero-order valence-electron chi connectivity index (χ0n) is 13.5. The fourth-order valence-corrected chi connectivity index (χ4v) is 3.26. The summed E-state index contributed by atoms with van der Waals surface area (Å²) >= 11 is 4.93. The molecule has 0 aliphatic carbocycles. The molecule has 126 valence electrons. The van der Waals surface area contributed by atoms with E-state index in [-0.39, 0.29) is 0 Å². The van der Waals surface area contributed by atoms with Crippen LogP contribution in [0.4, 0.5) is 5.69 Å². The summed E-state index contributed by atoms with van der Waals surface area (Å²) in [5, 5.41) is 12.5. The maximum atomic E-state index is 6.15. The quantitative estimate of drug-likeness (QED) is 0.627. The summed E-state index contributed by atoms with van der Waals surface area (Å²) in [5.41, 5.74) is 4.09. The fraction of sp³-hybridized carbons (Fsp3) is 0.176. The highest BCUT2D eigenvalue weighted by Gasteiger charge is 2.27. The molecule has 1 aliphatic rings. The number of nitrogens with zero attached hydrogens (tertiary/aromatic N) is 4. The van der Waals surface area contributed by atoms with Crippen LogP contribution in [0.25, 0.3) is 11.3 Å². The lowest BCUT2D eigenvalue weighted by Gasteiger charge is -2.18. The number of aryl methyl sites for hydroxylation is 1. The van der Waals surface area contributed by atoms with Gasteiger partial charge in [0.1, 0.15) is 5.69 Å². The van der Waals surface area contributed by atoms with Gasteiger partial charge in [-0.1, -0.05) is 33.8 Å². The number of pyridine rings is 1. The van der Waals surface area contributed by atoms with Crippen LogP contribution in [-0.2, 0) is 0 Å². The van der Waals surface area contributed by atoms with Crippen LogP contribution in [0.1, 0.15) is 17.6 Å². The van der Waals surface area contributed by atoms with Gasteiger partial charge in [0.25, 0.3) is 0 Å². The van der Waals surface area contributed by atoms with Gasteiger partial charge in [-0.05, 0) is 43.5 Å². The van der Waals surface area contributed by atoms with Crippen molar-refractivity contribution in [2.75, 3.05) is 11.6 Å². The zero-order valence-corrected chi connectivity index (χ0v) is 15.9. The molecule has 0 amide bonds. The maximum absolute atomic E-state index is 6.15. The first kappa shape index (κ1) is 16.3. The predicted octanol–water partition coefficient (Wildman–Crippen LogP) is 4.23. The number of halogens is 1. The van der Waals surface area contributed by atoms with Crippen LogP contribution in [0.15, 0.2) is 46.0 Å². The van der Waals surface area contributed by atoms with E-state index < -0.39 is 6.23 Å². The molecule has 1 aliphatic heterocycles. The summed E-state index contributed by atoms with van der Waals surface area (Å²) in [6.07, 6.45) is 1.44. The SMILES string of the molecule is CSc1nnc2c(n1)O[C@@H](c1cccc(C)n1)Nc1ccc(Br)cc1-2. The Hall–Kier alpha value is -2.19. The molecule has 1 N–H and O–H groups in total. The van der Waals surface area contributed by atoms with Gasteiger partial charge in [0.2, 0.25) is 17.3 Å². The van der Waals surface area contributed by atoms with Gasteiger partial charge >= 0.3 is 0 Å². The Labute approximate surface area is 157 Å². The number of hydrogen-bond donors (Lipinski definition) is 1. The molecule has 8 heteroatoms. The van der Waals surface area contributed by atoms with Gasteiger partial charge in [-0.2, -0.15) is 4.98 Å². The first-order valence-electron chi connectivity index (χ1n) is 7.59. The fourth-order valence-electron chi connectivity index (χ4n) is 2.60. The molecule has 0 spiro atoms. The van der Waals surface area contributed by atoms with Crippen molar-refractivity contribution >= 4 is 33.4 Å². The second-order valence-corrected chi connectivity index (χ2v) is 7.18. The van der Waals surface area contributed by atoms with Crippen molar-refractivity contribution in [3.8, 4) is 17.1 Å². The summed E-state index contributed by atoms with van der Waals surface area (Å²) in [6.45, 7) is 1.95. The molecule has 0 unspecified atom stereocenters. The monoisotopic (exact) mass is 415 g/mol. The standard InChI is InChI=1S/C17H14BrN5OS/c1-9-4-3-5-13(19-9)15-20-12-7-6-10(18)8-11(12)14-16(24-15)21-17(25-2)23-22-14/h3-8,15,20H,1-2H3/t15-/m0/s1. The maximum Gasteiger partial charge on any atom is 0.247 e. The first-order chi connectivity index (χ1) is 12.1. The van der Waals surface area contributed by atoms with Gasteiger partial charge in [0, 0.05) is 21.4 Å². The molecular formula is C17H14BrN5OS. The molecule has 0 saturated heterocycles. The molecule has 4 rings (SSSR count). The van der Waals surface area contributed by atoms with Crippen LogP contribution >= 0.6 is 27.7 Å². The van der Waals surface area contributed by atoms with Gasteiger partial charge in [0.15, 0.2) is 5.69 Å². The molecule has 0 fully saturated rings. The number of benzene rings is 1. The number of hydrogen-bond acceptors (Lipinski definition) is 7. The van der Waals surface area contributed by atoms with Gasteiger partial charge in [-0.25, -0.2) is 0 Å². The highest BCUT2D eigenvalue weighted by molar-refractivity contribution is 9.10. The third-order valence-electron chi connectivity index (χ3n) is 3.75. The summed E-state index contributed by atoms with van der Waals surface area (Å²) in [4.78, 5) is 9.08. The summed E-state index contributed by atoms with van der Waals surface area (Å²) < 4.78 is 7.09. The third kappa shape index (κ3) is 3.19. The van der Waals surface area contributed by atoms with Crippen molar-refractivity contribution in [2.24, 2.45) is 0 Å². The number of thioether (sulfide) groups is 1. The Bertz CT molecular complexity index is 952. The van der Waals surface area contributed by atoms with E-state index in [9.17, 15) is 0 Å². The Morgan fingerprint density at radius 3 is 2.84 bits per heavy atom. The highest BCUT2D eigenvalue weighted by atomic mass is 79.9. The number of aromatic nitrogens is 4. The van der Waals surface area contributed by atoms with Crippen molar-refractivity contribution in [1.29, 1.82) is 0 Å². The summed E-state index contributed by atoms with van der Waals surface area (Å²) in [6, 6.07) is 11.8. The topological polar surface area (TPSA) is 72.8 Å². The highest BCUT2D eigenvalue weighted by Crippen LogP contribution is 2.40. The molecular weight excluding hydrogens is 402 g/mol. The van der Waals surface area contributed by atoms with E-state index in [0.717, 1.165) is 27.1 Å². The van der Waals surface area contributed by atoms with Gasteiger partial charge in [-0.15, -0.1) is 10.2 Å². The molecule has 2 aromatic heterocycles. The van der Waals surface area contributed by atoms with E-state index in [4.69, 9.17) is 4.74 Å². The van der Waals surface area contributed by atoms with E-state index >= 15 is 0 Å². The molecule has 0 saturated carbocycles. The molecule has 6 nitrogen and oxygen atoms in total. The van der Waals surface area contributed by atoms with Crippen LogP contribution in [0.5, 0.6) is 5.88 Å². The Kier molecular flexibility index (Phi) is 4.30. The van der Waals surface area contributed by atoms with Crippen molar-refractivity contribution in [3.05, 3.63) is 52.3 Å². The molecule has 0 radical (unpaired) electrons. The number of anilines is 1. The largest absolute Gasteiger partial charge is 0.446 e. The average Bonchev–Trinajstić information content (AvgIpc) is 2.77. The number of ether oxygens (including phenoxy) is 1. The summed E-state index contributed by atoms with van der Waals surface area (Å²) in [7, 11) is 0. The first-order valence-corrected chi connectivity index (χ1v) is 9.61. The van der Waals surface area contributed by atoms with Crippen LogP contribution in [-0.4, -0.2) is 26.4 Å². The molecule has 3 heterocycles. The van der Waals surface area contributed by atoms with E-state index in [2.05, 4.69) is 41.4 Å². The molecule has 1 aromatic carbocycles. The molecule has 0 bridgehead atoms. The van der Waals surface area contributed by atoms with Crippen LogP contribution in [0.2, 0.25) is 0 Å². The third-order valence-corrected chi connectivity index (χ3v) is 4.78. The van der Waals surface area contributed by atoms with E-state index in [1.165, 1.54) is 11.8 Å². The number of fused-ring (bicyclic) bond motifs is 3. The molecule has 3 aromatic rings. The Balaban J connectivity index is 1.88. The normalized spacial score (nSPS) is 15.4. The van der Waals surface area contributed by atoms with Crippen molar-refractivity contribution < 1.29 is 4.74 Å². The van der Waals surface area contributed by atoms with Crippen molar-refractivity contribution in [3.63, 3.8) is 0 Å². The second kappa shape index (κ2) is 6.61. The zero-order chi connectivity index (χ0) is 17.4. The minimum atomic E-state index is -0.465. The lowest BCUT2D eigenvalue weighted by molar-refractivity contribution is 0.220. The molecule has 1 atom stereocenters. The van der Waals surface area contributed by atoms with Crippen molar-refractivity contribution in [1.82, 2.24) is 20.2 Å². The van der Waals surface area contributed by atoms with Gasteiger partial charge < -0.3 is 10.1 Å². The van der Waals surface area contributed by atoms with E-state index in [1.807, 2.05) is 49.6 Å². The van der Waals surface area contributed by atoms with Crippen LogP contribution in [0, 0.1) is 6.92 Å². The van der Waals surface area contributed by atoms with Gasteiger partial charge in [-0.3, -0.25) is 4.98 Å². The average molecular weight is 416 g/mol. The minimum Gasteiger partial charge on any atom is -0.446 e.